The highest BCUT2D eigenvalue weighted by atomic mass is 35.5. The van der Waals surface area contributed by atoms with E-state index >= 15 is 0 Å². The molecule has 27 heavy (non-hydrogen) atoms. The molecule has 0 spiro atoms. The standard InChI is InChI=1S/C19H26ClN3O3S/c1-12(2)10-15(21-17(24)26-19(3,4)5)16-22-23-18(25-16)27-11-13-6-8-14(20)9-7-13/h6-9,12,15H,10-11H2,1-5H3,(H,21,24). The summed E-state index contributed by atoms with van der Waals surface area (Å²) in [6.07, 6.45) is 0.171. The predicted octanol–water partition coefficient (Wildman–Crippen LogP) is 5.63. The van der Waals surface area contributed by atoms with Crippen LogP contribution < -0.4 is 5.32 Å². The third-order valence-electron chi connectivity index (χ3n) is 3.39. The third-order valence-corrected chi connectivity index (χ3v) is 4.54. The number of rotatable bonds is 7. The highest BCUT2D eigenvalue weighted by Gasteiger charge is 2.25. The van der Waals surface area contributed by atoms with Gasteiger partial charge in [0, 0.05) is 10.8 Å². The molecular weight excluding hydrogens is 386 g/mol. The molecule has 0 aliphatic heterocycles. The molecule has 1 N–H and O–H groups in total. The summed E-state index contributed by atoms with van der Waals surface area (Å²) in [6.45, 7) is 9.60. The van der Waals surface area contributed by atoms with Gasteiger partial charge in [0.15, 0.2) is 0 Å². The van der Waals surface area contributed by atoms with Crippen LogP contribution in [0.25, 0.3) is 0 Å². The van der Waals surface area contributed by atoms with Crippen LogP contribution in [0.2, 0.25) is 5.02 Å². The van der Waals surface area contributed by atoms with Crippen molar-refractivity contribution in [2.75, 3.05) is 0 Å². The molecule has 0 aliphatic rings. The molecule has 0 radical (unpaired) electrons. The number of alkyl carbamates (subject to hydrolysis) is 1. The Bertz CT molecular complexity index is 741. The van der Waals surface area contributed by atoms with Crippen molar-refractivity contribution in [1.82, 2.24) is 15.5 Å². The Morgan fingerprint density at radius 1 is 1.26 bits per heavy atom. The Morgan fingerprint density at radius 3 is 2.52 bits per heavy atom. The van der Waals surface area contributed by atoms with Crippen molar-refractivity contribution in [2.24, 2.45) is 5.92 Å². The molecule has 2 rings (SSSR count). The second-order valence-corrected chi connectivity index (χ2v) is 9.01. The van der Waals surface area contributed by atoms with Crippen LogP contribution in [0.5, 0.6) is 0 Å². The van der Waals surface area contributed by atoms with Gasteiger partial charge in [0.2, 0.25) is 5.89 Å². The number of hydrogen-bond donors (Lipinski definition) is 1. The number of carbonyl (C=O) groups excluding carboxylic acids is 1. The summed E-state index contributed by atoms with van der Waals surface area (Å²) in [7, 11) is 0. The maximum Gasteiger partial charge on any atom is 0.408 e. The Labute approximate surface area is 169 Å². The Kier molecular flexibility index (Phi) is 7.56. The minimum Gasteiger partial charge on any atom is -0.444 e. The van der Waals surface area contributed by atoms with Crippen LogP contribution in [0.15, 0.2) is 33.9 Å². The minimum absolute atomic E-state index is 0.335. The van der Waals surface area contributed by atoms with Crippen LogP contribution in [0.4, 0.5) is 4.79 Å². The molecule has 0 fully saturated rings. The van der Waals surface area contributed by atoms with Crippen LogP contribution in [0.3, 0.4) is 0 Å². The van der Waals surface area contributed by atoms with Crippen molar-refractivity contribution in [3.63, 3.8) is 0 Å². The fraction of sp³-hybridized carbons (Fsp3) is 0.526. The van der Waals surface area contributed by atoms with Gasteiger partial charge in [0.05, 0.1) is 0 Å². The molecule has 8 heteroatoms. The number of thioether (sulfide) groups is 1. The second-order valence-electron chi connectivity index (χ2n) is 7.65. The van der Waals surface area contributed by atoms with E-state index in [9.17, 15) is 4.79 Å². The summed E-state index contributed by atoms with van der Waals surface area (Å²) in [5.74, 6) is 1.41. The van der Waals surface area contributed by atoms with Crippen molar-refractivity contribution in [1.29, 1.82) is 0 Å². The van der Waals surface area contributed by atoms with E-state index in [0.29, 0.717) is 34.2 Å². The summed E-state index contributed by atoms with van der Waals surface area (Å²) in [5, 5.41) is 12.2. The van der Waals surface area contributed by atoms with E-state index in [0.717, 1.165) is 5.56 Å². The molecule has 6 nitrogen and oxygen atoms in total. The predicted molar refractivity (Wildman–Crippen MR) is 107 cm³/mol. The molecule has 148 valence electrons. The van der Waals surface area contributed by atoms with Crippen molar-refractivity contribution < 1.29 is 13.9 Å². The number of ether oxygens (including phenoxy) is 1. The summed E-state index contributed by atoms with van der Waals surface area (Å²) >= 11 is 7.34. The number of benzene rings is 1. The van der Waals surface area contributed by atoms with E-state index in [1.807, 2.05) is 45.0 Å². The lowest BCUT2D eigenvalue weighted by Crippen LogP contribution is -2.35. The molecule has 1 aromatic carbocycles. The number of nitrogens with zero attached hydrogens (tertiary/aromatic N) is 2. The average Bonchev–Trinajstić information content (AvgIpc) is 3.00. The van der Waals surface area contributed by atoms with Gasteiger partial charge in [-0.15, -0.1) is 10.2 Å². The van der Waals surface area contributed by atoms with Crippen LogP contribution in [-0.2, 0) is 10.5 Å². The van der Waals surface area contributed by atoms with Gasteiger partial charge in [0.25, 0.3) is 5.22 Å². The van der Waals surface area contributed by atoms with Gasteiger partial charge in [-0.2, -0.15) is 0 Å². The zero-order chi connectivity index (χ0) is 20.0. The molecule has 1 heterocycles. The van der Waals surface area contributed by atoms with Gasteiger partial charge in [-0.05, 0) is 50.8 Å². The van der Waals surface area contributed by atoms with E-state index in [4.69, 9.17) is 20.8 Å². The number of hydrogen-bond acceptors (Lipinski definition) is 6. The van der Waals surface area contributed by atoms with Crippen LogP contribution in [0, 0.1) is 5.92 Å². The van der Waals surface area contributed by atoms with Crippen LogP contribution in [-0.4, -0.2) is 21.9 Å². The fourth-order valence-corrected chi connectivity index (χ4v) is 3.14. The zero-order valence-corrected chi connectivity index (χ0v) is 17.9. The number of nitrogens with one attached hydrogen (secondary N) is 1. The highest BCUT2D eigenvalue weighted by Crippen LogP contribution is 2.27. The molecule has 1 unspecified atom stereocenters. The number of halogens is 1. The van der Waals surface area contributed by atoms with E-state index in [1.54, 1.807) is 0 Å². The molecule has 0 bridgehead atoms. The molecule has 2 aromatic rings. The van der Waals surface area contributed by atoms with Crippen molar-refractivity contribution in [3.8, 4) is 0 Å². The first-order chi connectivity index (χ1) is 12.6. The zero-order valence-electron chi connectivity index (χ0n) is 16.3. The SMILES string of the molecule is CC(C)CC(NC(=O)OC(C)(C)C)c1nnc(SCc2ccc(Cl)cc2)o1. The van der Waals surface area contributed by atoms with Gasteiger partial charge in [-0.25, -0.2) is 4.79 Å². The maximum atomic E-state index is 12.1. The minimum atomic E-state index is -0.569. The quantitative estimate of drug-likeness (QED) is 0.595. The Morgan fingerprint density at radius 2 is 1.93 bits per heavy atom. The van der Waals surface area contributed by atoms with Gasteiger partial charge >= 0.3 is 6.09 Å². The van der Waals surface area contributed by atoms with E-state index in [1.165, 1.54) is 11.8 Å². The average molecular weight is 412 g/mol. The molecule has 1 atom stereocenters. The fourth-order valence-electron chi connectivity index (χ4n) is 2.29. The van der Waals surface area contributed by atoms with Crippen LogP contribution in [0.1, 0.15) is 58.5 Å². The number of aromatic nitrogens is 2. The van der Waals surface area contributed by atoms with Crippen molar-refractivity contribution in [2.45, 2.75) is 63.7 Å². The van der Waals surface area contributed by atoms with Crippen molar-refractivity contribution in [3.05, 3.63) is 40.7 Å². The Balaban J connectivity index is 2.01. The van der Waals surface area contributed by atoms with Crippen molar-refractivity contribution >= 4 is 29.5 Å². The van der Waals surface area contributed by atoms with Crippen LogP contribution >= 0.6 is 23.4 Å². The second kappa shape index (κ2) is 9.46. The van der Waals surface area contributed by atoms with Gasteiger partial charge < -0.3 is 14.5 Å². The smallest absolute Gasteiger partial charge is 0.408 e. The summed E-state index contributed by atoms with van der Waals surface area (Å²) in [4.78, 5) is 12.1. The topological polar surface area (TPSA) is 77.2 Å². The normalized spacial score (nSPS) is 12.9. The van der Waals surface area contributed by atoms with Gasteiger partial charge in [-0.3, -0.25) is 0 Å². The molecule has 0 saturated heterocycles. The molecule has 1 amide bonds. The van der Waals surface area contributed by atoms with E-state index < -0.39 is 17.7 Å². The monoisotopic (exact) mass is 411 g/mol. The van der Waals surface area contributed by atoms with Gasteiger partial charge in [-0.1, -0.05) is 49.3 Å². The molecule has 1 aromatic heterocycles. The summed E-state index contributed by atoms with van der Waals surface area (Å²) in [5.41, 5.74) is 0.538. The first-order valence-corrected chi connectivity index (χ1v) is 10.2. The lowest BCUT2D eigenvalue weighted by atomic mass is 10.0. The maximum absolute atomic E-state index is 12.1. The first kappa shape index (κ1) is 21.6. The highest BCUT2D eigenvalue weighted by molar-refractivity contribution is 7.98. The van der Waals surface area contributed by atoms with E-state index in [2.05, 4.69) is 29.4 Å². The molecule has 0 saturated carbocycles. The lowest BCUT2D eigenvalue weighted by molar-refractivity contribution is 0.0487. The lowest BCUT2D eigenvalue weighted by Gasteiger charge is -2.22. The summed E-state index contributed by atoms with van der Waals surface area (Å²) < 4.78 is 11.1. The Hall–Kier alpha value is -1.73. The third kappa shape index (κ3) is 7.81. The van der Waals surface area contributed by atoms with E-state index in [-0.39, 0.29) is 0 Å². The largest absolute Gasteiger partial charge is 0.444 e. The molecular formula is C19H26ClN3O3S. The molecule has 0 aliphatic carbocycles. The van der Waals surface area contributed by atoms with Gasteiger partial charge in [0.1, 0.15) is 11.6 Å². The number of carbonyl (C=O) groups is 1. The first-order valence-electron chi connectivity index (χ1n) is 8.82. The number of amides is 1. The summed E-state index contributed by atoms with van der Waals surface area (Å²) in [6, 6.07) is 7.22.